The van der Waals surface area contributed by atoms with Gasteiger partial charge in [0.15, 0.2) is 5.82 Å². The van der Waals surface area contributed by atoms with Crippen LogP contribution in [-0.4, -0.2) is 30.2 Å². The Hall–Kier alpha value is -2.97. The zero-order valence-electron chi connectivity index (χ0n) is 12.3. The summed E-state index contributed by atoms with van der Waals surface area (Å²) in [6.45, 7) is 5.09. The Morgan fingerprint density at radius 2 is 2.09 bits per heavy atom. The molecule has 0 unspecified atom stereocenters. The first-order valence-corrected chi connectivity index (χ1v) is 6.61. The van der Waals surface area contributed by atoms with Gasteiger partial charge in [-0.25, -0.2) is 18.9 Å². The predicted molar refractivity (Wildman–Crippen MR) is 76.6 cm³/mol. The highest BCUT2D eigenvalue weighted by Gasteiger charge is 2.14. The van der Waals surface area contributed by atoms with Crippen LogP contribution in [0.5, 0.6) is 0 Å². The van der Waals surface area contributed by atoms with E-state index in [4.69, 9.17) is 4.52 Å². The molecule has 0 aromatic carbocycles. The van der Waals surface area contributed by atoms with E-state index in [0.29, 0.717) is 17.3 Å². The third-order valence-electron chi connectivity index (χ3n) is 3.06. The number of aryl methyl sites for hydroxylation is 3. The van der Waals surface area contributed by atoms with Crippen LogP contribution in [0.3, 0.4) is 0 Å². The summed E-state index contributed by atoms with van der Waals surface area (Å²) in [6.07, 6.45) is 0. The first-order valence-electron chi connectivity index (χ1n) is 6.61. The van der Waals surface area contributed by atoms with Gasteiger partial charge in [-0.3, -0.25) is 4.79 Å². The lowest BCUT2D eigenvalue weighted by Crippen LogP contribution is -2.28. The van der Waals surface area contributed by atoms with Crippen molar-refractivity contribution in [2.75, 3.05) is 5.32 Å². The molecule has 0 saturated heterocycles. The normalized spacial score (nSPS) is 11.0. The lowest BCUT2D eigenvalue weighted by molar-refractivity contribution is -0.117. The summed E-state index contributed by atoms with van der Waals surface area (Å²) in [5.74, 6) is 0.723. The van der Waals surface area contributed by atoms with E-state index in [1.807, 2.05) is 6.92 Å². The van der Waals surface area contributed by atoms with Crippen LogP contribution in [0.15, 0.2) is 21.5 Å². The number of anilines is 1. The average Bonchev–Trinajstić information content (AvgIpc) is 2.94. The van der Waals surface area contributed by atoms with Crippen LogP contribution in [0.2, 0.25) is 0 Å². The fourth-order valence-corrected chi connectivity index (χ4v) is 2.18. The summed E-state index contributed by atoms with van der Waals surface area (Å²) < 4.78 is 7.28. The largest absolute Gasteiger partial charge is 0.360 e. The van der Waals surface area contributed by atoms with Crippen LogP contribution in [-0.2, 0) is 11.3 Å². The van der Waals surface area contributed by atoms with Crippen LogP contribution in [0, 0.1) is 20.8 Å². The lowest BCUT2D eigenvalue weighted by atomic mass is 10.3. The number of carbonyl (C=O) groups is 1. The molecule has 0 spiro atoms. The van der Waals surface area contributed by atoms with Crippen LogP contribution in [0.25, 0.3) is 5.78 Å². The van der Waals surface area contributed by atoms with Gasteiger partial charge < -0.3 is 9.84 Å². The van der Waals surface area contributed by atoms with Crippen LogP contribution in [0.1, 0.15) is 17.1 Å². The maximum absolute atomic E-state index is 12.3. The second-order valence-electron chi connectivity index (χ2n) is 4.99. The Labute approximate surface area is 124 Å². The molecule has 1 N–H and O–H groups in total. The summed E-state index contributed by atoms with van der Waals surface area (Å²) in [5.41, 5.74) is 1.06. The van der Waals surface area contributed by atoms with E-state index in [1.54, 1.807) is 26.0 Å². The number of nitrogens with one attached hydrogen (secondary N) is 1. The summed E-state index contributed by atoms with van der Waals surface area (Å²) >= 11 is 0. The Morgan fingerprint density at radius 3 is 2.77 bits per heavy atom. The average molecular weight is 302 g/mol. The molecule has 0 radical (unpaired) electrons. The van der Waals surface area contributed by atoms with Crippen molar-refractivity contribution in [1.82, 2.24) is 24.3 Å². The maximum Gasteiger partial charge on any atom is 0.352 e. The van der Waals surface area contributed by atoms with Crippen molar-refractivity contribution in [3.8, 4) is 0 Å². The number of aromatic nitrogens is 5. The van der Waals surface area contributed by atoms with E-state index < -0.39 is 11.6 Å². The molecule has 3 heterocycles. The third-order valence-corrected chi connectivity index (χ3v) is 3.06. The first-order chi connectivity index (χ1) is 10.4. The second kappa shape index (κ2) is 5.10. The van der Waals surface area contributed by atoms with Crippen molar-refractivity contribution in [3.05, 3.63) is 39.8 Å². The fraction of sp³-hybridized carbons (Fsp3) is 0.308. The Bertz CT molecular complexity index is 920. The number of hydrogen-bond acceptors (Lipinski definition) is 6. The van der Waals surface area contributed by atoms with Gasteiger partial charge >= 0.3 is 5.69 Å². The van der Waals surface area contributed by atoms with Crippen molar-refractivity contribution in [1.29, 1.82) is 0 Å². The van der Waals surface area contributed by atoms with E-state index in [-0.39, 0.29) is 12.3 Å². The smallest absolute Gasteiger partial charge is 0.352 e. The molecule has 0 fully saturated rings. The molecule has 0 aliphatic rings. The molecule has 0 atom stereocenters. The standard InChI is InChI=1S/C13H14N6O3/c1-7-4-8(2)19-12(14-7)16-18(13(19)21)6-11(20)15-10-5-9(3)22-17-10/h4-5H,6H2,1-3H3,(H,15,17,20). The first kappa shape index (κ1) is 14.0. The van der Waals surface area contributed by atoms with E-state index >= 15 is 0 Å². The number of amides is 1. The number of rotatable bonds is 3. The van der Waals surface area contributed by atoms with Gasteiger partial charge in [0, 0.05) is 17.5 Å². The van der Waals surface area contributed by atoms with Crippen LogP contribution in [0.4, 0.5) is 5.82 Å². The van der Waals surface area contributed by atoms with E-state index in [1.165, 1.54) is 4.40 Å². The second-order valence-corrected chi connectivity index (χ2v) is 4.99. The predicted octanol–water partition coefficient (Wildman–Crippen LogP) is 0.443. The van der Waals surface area contributed by atoms with Gasteiger partial charge in [0.25, 0.3) is 5.78 Å². The quantitative estimate of drug-likeness (QED) is 0.752. The lowest BCUT2D eigenvalue weighted by Gasteiger charge is -1.99. The Morgan fingerprint density at radius 1 is 1.32 bits per heavy atom. The highest BCUT2D eigenvalue weighted by atomic mass is 16.5. The summed E-state index contributed by atoms with van der Waals surface area (Å²) in [6, 6.07) is 3.36. The SMILES string of the molecule is Cc1cc(C)n2c(=O)n(CC(=O)Nc3cc(C)on3)nc2n1. The molecule has 0 aliphatic carbocycles. The highest BCUT2D eigenvalue weighted by Crippen LogP contribution is 2.07. The van der Waals surface area contributed by atoms with Crippen molar-refractivity contribution in [3.63, 3.8) is 0 Å². The molecule has 9 nitrogen and oxygen atoms in total. The minimum atomic E-state index is -0.423. The summed E-state index contributed by atoms with van der Waals surface area (Å²) in [5, 5.41) is 10.3. The third kappa shape index (κ3) is 2.48. The number of nitrogens with zero attached hydrogens (tertiary/aromatic N) is 5. The molecule has 0 aliphatic heterocycles. The summed E-state index contributed by atoms with van der Waals surface area (Å²) in [7, 11) is 0. The molecule has 3 aromatic heterocycles. The highest BCUT2D eigenvalue weighted by molar-refractivity contribution is 5.89. The molecular formula is C13H14N6O3. The minimum absolute atomic E-state index is 0.230. The molecule has 1 amide bonds. The Balaban J connectivity index is 1.88. The zero-order valence-corrected chi connectivity index (χ0v) is 12.3. The maximum atomic E-state index is 12.3. The topological polar surface area (TPSA) is 107 Å². The van der Waals surface area contributed by atoms with Gasteiger partial charge in [0.2, 0.25) is 5.91 Å². The molecule has 3 aromatic rings. The number of carbonyl (C=O) groups excluding carboxylic acids is 1. The number of hydrogen-bond donors (Lipinski definition) is 1. The fourth-order valence-electron chi connectivity index (χ4n) is 2.18. The van der Waals surface area contributed by atoms with Gasteiger partial charge in [-0.1, -0.05) is 5.16 Å². The van der Waals surface area contributed by atoms with Gasteiger partial charge in [0.05, 0.1) is 0 Å². The van der Waals surface area contributed by atoms with Gasteiger partial charge in [-0.15, -0.1) is 5.10 Å². The zero-order chi connectivity index (χ0) is 15.9. The molecule has 0 bridgehead atoms. The summed E-state index contributed by atoms with van der Waals surface area (Å²) in [4.78, 5) is 28.4. The van der Waals surface area contributed by atoms with Crippen molar-refractivity contribution >= 4 is 17.5 Å². The van der Waals surface area contributed by atoms with Crippen molar-refractivity contribution < 1.29 is 9.32 Å². The van der Waals surface area contributed by atoms with Crippen LogP contribution >= 0.6 is 0 Å². The molecule has 9 heteroatoms. The van der Waals surface area contributed by atoms with Gasteiger partial charge in [0.1, 0.15) is 12.3 Å². The minimum Gasteiger partial charge on any atom is -0.360 e. The monoisotopic (exact) mass is 302 g/mol. The Kier molecular flexibility index (Phi) is 3.24. The van der Waals surface area contributed by atoms with E-state index in [9.17, 15) is 9.59 Å². The van der Waals surface area contributed by atoms with Crippen molar-refractivity contribution in [2.45, 2.75) is 27.3 Å². The number of fused-ring (bicyclic) bond motifs is 1. The van der Waals surface area contributed by atoms with Gasteiger partial charge in [-0.05, 0) is 26.8 Å². The molecule has 114 valence electrons. The van der Waals surface area contributed by atoms with Crippen LogP contribution < -0.4 is 11.0 Å². The molecule has 0 saturated carbocycles. The van der Waals surface area contributed by atoms with E-state index in [2.05, 4.69) is 20.6 Å². The molecule has 3 rings (SSSR count). The van der Waals surface area contributed by atoms with Gasteiger partial charge in [-0.2, -0.15) is 0 Å². The molecule has 22 heavy (non-hydrogen) atoms. The van der Waals surface area contributed by atoms with E-state index in [0.717, 1.165) is 10.4 Å². The van der Waals surface area contributed by atoms with Crippen molar-refractivity contribution in [2.24, 2.45) is 0 Å². The molecular weight excluding hydrogens is 288 g/mol.